The van der Waals surface area contributed by atoms with Gasteiger partial charge in [-0.05, 0) is 94.2 Å². The van der Waals surface area contributed by atoms with Gasteiger partial charge in [0, 0.05) is 68.8 Å². The summed E-state index contributed by atoms with van der Waals surface area (Å²) < 4.78 is 73.9. The van der Waals surface area contributed by atoms with Crippen LogP contribution in [0.5, 0.6) is 23.0 Å². The molecule has 1 aliphatic carbocycles. The van der Waals surface area contributed by atoms with Crippen LogP contribution in [0, 0.1) is 11.8 Å². The molecule has 0 radical (unpaired) electrons. The molecule has 0 bridgehead atoms. The van der Waals surface area contributed by atoms with E-state index in [1.54, 1.807) is 67.6 Å². The van der Waals surface area contributed by atoms with E-state index in [1.807, 2.05) is 62.6 Å². The molecule has 0 aromatic heterocycles. The van der Waals surface area contributed by atoms with Crippen molar-refractivity contribution >= 4 is 76.6 Å². The van der Waals surface area contributed by atoms with Crippen molar-refractivity contribution in [3.05, 3.63) is 137 Å². The number of nitrogens with zero attached hydrogens (tertiary/aromatic N) is 5. The number of anilines is 2. The van der Waals surface area contributed by atoms with E-state index in [1.165, 1.54) is 43.1 Å². The van der Waals surface area contributed by atoms with Crippen LogP contribution in [0.15, 0.2) is 125 Å². The number of likely N-dealkylation sites (tertiary alicyclic amines) is 1. The minimum Gasteiger partial charge on any atom is -0.493 e. The molecule has 6 atom stereocenters. The Bertz CT molecular complexity index is 4040. The first-order valence-corrected chi connectivity index (χ1v) is 39.0. The minimum absolute atomic E-state index is 0.0125. The molecule has 9 amide bonds. The molecule has 32 nitrogen and oxygen atoms in total. The molecular weight excluding hydrogens is 1490 g/mol. The summed E-state index contributed by atoms with van der Waals surface area (Å²) in [6.45, 7) is 14.9. The number of methoxy groups -OCH3 is 2. The number of imide groups is 1. The van der Waals surface area contributed by atoms with Gasteiger partial charge in [-0.1, -0.05) is 79.7 Å². The summed E-state index contributed by atoms with van der Waals surface area (Å²) in [5.41, 5.74) is 4.67. The smallest absolute Gasteiger partial charge is 0.416 e. The Morgan fingerprint density at radius 2 is 1.13 bits per heavy atom. The summed E-state index contributed by atoms with van der Waals surface area (Å²) in [4.78, 5) is 130. The van der Waals surface area contributed by atoms with Gasteiger partial charge < -0.3 is 97.8 Å². The van der Waals surface area contributed by atoms with Crippen molar-refractivity contribution in [3.63, 3.8) is 0 Å². The van der Waals surface area contributed by atoms with Crippen molar-refractivity contribution < 1.29 is 110 Å². The number of aliphatic hydroxyl groups excluding tert-OH is 1. The summed E-state index contributed by atoms with van der Waals surface area (Å²) in [6, 6.07) is 9.93. The molecule has 3 aromatic carbocycles. The monoisotopic (exact) mass is 1600 g/mol. The molecule has 32 heteroatoms. The lowest BCUT2D eigenvalue weighted by atomic mass is 9.95. The molecule has 0 spiro atoms. The van der Waals surface area contributed by atoms with Crippen LogP contribution in [0.3, 0.4) is 0 Å². The molecule has 624 valence electrons. The van der Waals surface area contributed by atoms with E-state index in [0.717, 1.165) is 28.0 Å². The van der Waals surface area contributed by atoms with Crippen LogP contribution in [-0.2, 0) is 78.0 Å². The third-order valence-corrected chi connectivity index (χ3v) is 19.2. The highest BCUT2D eigenvalue weighted by molar-refractivity contribution is 6.08. The van der Waals surface area contributed by atoms with E-state index in [4.69, 9.17) is 61.6 Å². The third-order valence-electron chi connectivity index (χ3n) is 19.2. The van der Waals surface area contributed by atoms with E-state index in [0.29, 0.717) is 146 Å². The number of rotatable bonds is 49. The average molecular weight is 1600 g/mol. The predicted octanol–water partition coefficient (Wildman–Crippen LogP) is 7.36. The number of aliphatic hydroxyl groups is 1. The highest BCUT2D eigenvalue weighted by Gasteiger charge is 2.46. The van der Waals surface area contributed by atoms with Gasteiger partial charge in [0.2, 0.25) is 35.4 Å². The second-order valence-corrected chi connectivity index (χ2v) is 28.2. The van der Waals surface area contributed by atoms with Gasteiger partial charge in [0.05, 0.1) is 174 Å². The Labute approximate surface area is 670 Å². The van der Waals surface area contributed by atoms with E-state index in [-0.39, 0.29) is 130 Å². The Morgan fingerprint density at radius 1 is 0.574 bits per heavy atom. The lowest BCUT2D eigenvalue weighted by Gasteiger charge is -2.31. The van der Waals surface area contributed by atoms with Gasteiger partial charge in [-0.25, -0.2) is 9.69 Å². The Kier molecular flexibility index (Phi) is 35.8. The maximum absolute atomic E-state index is 14.3. The molecule has 5 N–H and O–H groups in total. The zero-order valence-electron chi connectivity index (χ0n) is 66.6. The fourth-order valence-corrected chi connectivity index (χ4v) is 13.1. The fourth-order valence-electron chi connectivity index (χ4n) is 13.1. The first-order valence-electron chi connectivity index (χ1n) is 39.0. The number of benzene rings is 3. The van der Waals surface area contributed by atoms with Crippen LogP contribution >= 0.6 is 0 Å². The van der Waals surface area contributed by atoms with Crippen molar-refractivity contribution in [2.75, 3.05) is 156 Å². The molecular formula is C83H109N9O23. The van der Waals surface area contributed by atoms with Crippen LogP contribution in [0.4, 0.5) is 21.9 Å². The zero-order valence-corrected chi connectivity index (χ0v) is 66.6. The van der Waals surface area contributed by atoms with Crippen molar-refractivity contribution in [2.45, 2.75) is 123 Å². The number of fused-ring (bicyclic) bond motifs is 4. The summed E-state index contributed by atoms with van der Waals surface area (Å²) in [5.74, 6) is -2.46. The second kappa shape index (κ2) is 46.4. The van der Waals surface area contributed by atoms with Crippen LogP contribution in [0.25, 0.3) is 0 Å². The maximum atomic E-state index is 14.3. The summed E-state index contributed by atoms with van der Waals surface area (Å²) in [5, 5.41) is 22.9. The zero-order chi connectivity index (χ0) is 82.0. The molecule has 5 heterocycles. The number of nitrogens with one attached hydrogen (secondary N) is 4. The first-order chi connectivity index (χ1) is 55.7. The number of hydrogen-bond donors (Lipinski definition) is 5. The van der Waals surface area contributed by atoms with Crippen LogP contribution < -0.4 is 45.1 Å². The van der Waals surface area contributed by atoms with E-state index < -0.39 is 60.0 Å². The molecule has 9 rings (SSSR count). The number of carbonyl (C=O) groups excluding carboxylic acids is 9. The van der Waals surface area contributed by atoms with Gasteiger partial charge in [0.15, 0.2) is 29.2 Å². The number of unbranched alkanes of at least 4 members (excludes halogenated alkanes) is 2. The Balaban J connectivity index is 0.571. The third kappa shape index (κ3) is 26.7. The maximum Gasteiger partial charge on any atom is 0.416 e. The molecule has 1 saturated heterocycles. The van der Waals surface area contributed by atoms with Crippen LogP contribution in [-0.4, -0.2) is 256 Å². The molecule has 115 heavy (non-hydrogen) atoms. The van der Waals surface area contributed by atoms with Crippen molar-refractivity contribution in [3.8, 4) is 23.0 Å². The number of aliphatic imine (C=N–C) groups is 1. The summed E-state index contributed by atoms with van der Waals surface area (Å²) >= 11 is 0. The van der Waals surface area contributed by atoms with Crippen LogP contribution in [0.1, 0.15) is 112 Å². The topological polar surface area (TPSA) is 367 Å². The lowest BCUT2D eigenvalue weighted by molar-refractivity contribution is -0.139. The van der Waals surface area contributed by atoms with Gasteiger partial charge >= 0.3 is 6.09 Å². The number of carbonyl (C=O) groups is 9. The fraction of sp³-hybridized carbons (Fsp3) is 0.518. The molecule has 3 aromatic rings. The molecule has 6 aliphatic rings. The van der Waals surface area contributed by atoms with Gasteiger partial charge in [0.25, 0.3) is 11.8 Å². The largest absolute Gasteiger partial charge is 0.493 e. The normalized spacial score (nSPS) is 18.5. The second-order valence-electron chi connectivity index (χ2n) is 28.2. The van der Waals surface area contributed by atoms with E-state index in [2.05, 4.69) is 26.3 Å². The van der Waals surface area contributed by atoms with Crippen molar-refractivity contribution in [1.29, 1.82) is 0 Å². The SMILES string of the molecule is COc1cc2c(cc1OCCCCCOc1cc3c(cc1OC)C(=O)N1C=C(C)C[C@H]1[C@H](O)N3C(=O)OCc1ccc(NC(=O)[C@H](C)NC(=O)[C@@H](NC(=O)CCOCCOCCOCCOCCOCCOCCOCCOCCNC(=O)CCN3C(=O)CC(C4=C/C=C\C=C/C=C4)C3=O)C(C)C)cc1)N=C[C@@H]1CC(C)=CN1C2=O. The summed E-state index contributed by atoms with van der Waals surface area (Å²) in [6.07, 6.45) is 18.7. The number of amides is 9. The molecule has 1 unspecified atom stereocenters. The minimum atomic E-state index is -1.53. The van der Waals surface area contributed by atoms with Crippen LogP contribution in [0.2, 0.25) is 0 Å². The average Bonchev–Trinajstić information content (AvgIpc) is 1.61. The number of hydrogen-bond acceptors (Lipinski definition) is 24. The highest BCUT2D eigenvalue weighted by Crippen LogP contribution is 2.43. The highest BCUT2D eigenvalue weighted by atomic mass is 16.6. The molecule has 5 aliphatic heterocycles. The standard InChI is InChI=1S/C83H109N9O23/c1-55(2)76(88-74(94)23-28-105-30-32-107-34-36-109-38-40-111-42-43-112-41-39-110-37-35-108-33-31-106-29-24-84-73(93)22-25-89-75(95)48-63(79(89)98)60-16-12-9-8-10-13-17-60)78(97)86-58(5)77(96)87-61-20-18-59(19-21-61)54-115-83(102)92-67-50-72(70(104-7)47-65(67)81(100)91-53-57(4)45-68(91)82(92)101)114-27-15-11-14-26-113-71-49-66-64(46-69(71)103-6)80(99)90-52-56(3)44-62(90)51-85-66/h8-10,12-13,16-21,46-47,49-53,55,58,62-63,68,76,82,101H,11,14-15,22-45,48,54H2,1-7H3,(H,84,93)(H,86,97)(H,87,96)(H,88,94)/b9-8-,10-8?,12-9?,13-10-,16-12?,17-13?,60-16?,60-17?/t58-,62-,63?,68-,76-,82-/m0/s1. The number of allylic oxidation sites excluding steroid dienone is 7. The molecule has 1 fully saturated rings. The first kappa shape index (κ1) is 88.8. The van der Waals surface area contributed by atoms with E-state index in [9.17, 15) is 48.3 Å². The quantitative estimate of drug-likeness (QED) is 0.0272. The lowest BCUT2D eigenvalue weighted by Crippen LogP contribution is -2.53. The van der Waals surface area contributed by atoms with Crippen molar-refractivity contribution in [1.82, 2.24) is 30.7 Å². The Hall–Kier alpha value is -10.2. The Morgan fingerprint density at radius 3 is 1.75 bits per heavy atom. The number of ether oxygens (including phenoxy) is 13. The van der Waals surface area contributed by atoms with Gasteiger partial charge in [-0.3, -0.25) is 48.2 Å². The summed E-state index contributed by atoms with van der Waals surface area (Å²) in [7, 11) is 2.96. The van der Waals surface area contributed by atoms with Crippen molar-refractivity contribution in [2.24, 2.45) is 16.8 Å². The van der Waals surface area contributed by atoms with E-state index >= 15 is 0 Å². The van der Waals surface area contributed by atoms with Gasteiger partial charge in [0.1, 0.15) is 18.7 Å². The van der Waals surface area contributed by atoms with Gasteiger partial charge in [-0.15, -0.1) is 0 Å². The molecule has 0 saturated carbocycles. The van der Waals surface area contributed by atoms with Gasteiger partial charge in [-0.2, -0.15) is 0 Å². The predicted molar refractivity (Wildman–Crippen MR) is 423 cm³/mol.